The molecule has 0 amide bonds. The fraction of sp³-hybridized carbons (Fsp3) is 0.500. The van der Waals surface area contributed by atoms with Gasteiger partial charge < -0.3 is 9.47 Å². The molecular weight excluding hydrogens is 290 g/mol. The Balaban J connectivity index is 0.000000152. The van der Waals surface area contributed by atoms with Crippen LogP contribution in [0.4, 0.5) is 0 Å². The van der Waals surface area contributed by atoms with Gasteiger partial charge in [0.25, 0.3) is 0 Å². The van der Waals surface area contributed by atoms with Crippen LogP contribution < -0.4 is 9.30 Å². The van der Waals surface area contributed by atoms with Gasteiger partial charge in [-0.15, -0.1) is 0 Å². The first-order valence-electron chi connectivity index (χ1n) is 8.31. The molecule has 0 spiro atoms. The quantitative estimate of drug-likeness (QED) is 0.700. The van der Waals surface area contributed by atoms with Crippen molar-refractivity contribution in [2.45, 2.75) is 39.7 Å². The number of fused-ring (bicyclic) bond motifs is 2. The average molecular weight is 316 g/mol. The molecule has 0 radical (unpaired) electrons. The molecule has 2 aliphatic rings. The first kappa shape index (κ1) is 17.3. The second-order valence-corrected chi connectivity index (χ2v) is 5.15. The van der Waals surface area contributed by atoms with E-state index in [1.165, 1.54) is 11.3 Å². The minimum atomic E-state index is 0.739. The van der Waals surface area contributed by atoms with Gasteiger partial charge >= 0.3 is 5.88 Å². The van der Waals surface area contributed by atoms with Gasteiger partial charge in [0.2, 0.25) is 0 Å². The third-order valence-electron chi connectivity index (χ3n) is 3.61. The predicted octanol–water partition coefficient (Wildman–Crippen LogP) is 2.41. The van der Waals surface area contributed by atoms with Crippen LogP contribution in [0.25, 0.3) is 0 Å². The Morgan fingerprint density at radius 3 is 2.65 bits per heavy atom. The van der Waals surface area contributed by atoms with Crippen LogP contribution in [-0.4, -0.2) is 23.2 Å². The molecule has 2 aliphatic heterocycles. The highest BCUT2D eigenvalue weighted by molar-refractivity contribution is 5.20. The molecule has 0 aliphatic carbocycles. The van der Waals surface area contributed by atoms with E-state index in [1.807, 2.05) is 50.1 Å². The summed E-state index contributed by atoms with van der Waals surface area (Å²) in [5.74, 6) is 0.929. The summed E-state index contributed by atoms with van der Waals surface area (Å²) in [6.07, 6.45) is 8.66. The fourth-order valence-corrected chi connectivity index (χ4v) is 2.49. The Morgan fingerprint density at radius 1 is 1.04 bits per heavy atom. The monoisotopic (exact) mass is 316 g/mol. The molecule has 4 heterocycles. The fourth-order valence-electron chi connectivity index (χ4n) is 2.49. The number of aryl methyl sites for hydroxylation is 2. The van der Waals surface area contributed by atoms with Crippen molar-refractivity contribution in [3.8, 4) is 5.88 Å². The SMILES string of the molecule is CC.C[n+]1ccnc2c1OCCC2.c1cnc2c(c1)COCC2. The van der Waals surface area contributed by atoms with Crippen molar-refractivity contribution >= 4 is 0 Å². The summed E-state index contributed by atoms with van der Waals surface area (Å²) in [4.78, 5) is 8.47. The molecule has 0 saturated heterocycles. The minimum Gasteiger partial charge on any atom is -0.443 e. The van der Waals surface area contributed by atoms with E-state index in [9.17, 15) is 0 Å². The number of hydrogen-bond donors (Lipinski definition) is 0. The largest absolute Gasteiger partial charge is 0.443 e. The van der Waals surface area contributed by atoms with Gasteiger partial charge in [0.05, 0.1) is 26.0 Å². The van der Waals surface area contributed by atoms with Gasteiger partial charge in [0.15, 0.2) is 11.9 Å². The zero-order valence-electron chi connectivity index (χ0n) is 14.3. The van der Waals surface area contributed by atoms with Gasteiger partial charge in [-0.05, 0) is 18.1 Å². The maximum atomic E-state index is 5.45. The zero-order valence-corrected chi connectivity index (χ0v) is 14.3. The molecule has 0 unspecified atom stereocenters. The standard InChI is InChI=1S/C8H11N2O.C8H9NO.C2H6/c1-10-5-4-9-7-3-2-6-11-8(7)10;1-2-7-6-10-5-3-8(7)9-4-1;1-2/h4-5H,2-3,6H2,1H3;1-2,4H,3,5-6H2;1-2H3/q+1;;. The van der Waals surface area contributed by atoms with Gasteiger partial charge in [-0.1, -0.05) is 19.9 Å². The Kier molecular flexibility index (Phi) is 6.94. The number of pyridine rings is 1. The van der Waals surface area contributed by atoms with Crippen LogP contribution in [0.15, 0.2) is 30.7 Å². The van der Waals surface area contributed by atoms with Crippen molar-refractivity contribution in [2.24, 2.45) is 7.05 Å². The molecule has 5 heteroatoms. The molecule has 4 rings (SSSR count). The van der Waals surface area contributed by atoms with Crippen molar-refractivity contribution in [2.75, 3.05) is 13.2 Å². The number of nitrogens with zero attached hydrogens (tertiary/aromatic N) is 3. The second-order valence-electron chi connectivity index (χ2n) is 5.15. The minimum absolute atomic E-state index is 0.739. The maximum Gasteiger partial charge on any atom is 0.389 e. The lowest BCUT2D eigenvalue weighted by molar-refractivity contribution is -0.678. The molecule has 124 valence electrons. The van der Waals surface area contributed by atoms with E-state index in [0.29, 0.717) is 0 Å². The number of ether oxygens (including phenoxy) is 2. The van der Waals surface area contributed by atoms with E-state index >= 15 is 0 Å². The van der Waals surface area contributed by atoms with Crippen molar-refractivity contribution < 1.29 is 14.0 Å². The Hall–Kier alpha value is -2.01. The molecular formula is C18H26N3O2+. The molecule has 0 fully saturated rings. The van der Waals surface area contributed by atoms with E-state index in [4.69, 9.17) is 9.47 Å². The number of hydrogen-bond acceptors (Lipinski definition) is 4. The van der Waals surface area contributed by atoms with Gasteiger partial charge in [-0.3, -0.25) is 4.98 Å². The zero-order chi connectivity index (χ0) is 16.5. The molecule has 23 heavy (non-hydrogen) atoms. The molecule has 2 aromatic heterocycles. The van der Waals surface area contributed by atoms with Gasteiger partial charge in [0.1, 0.15) is 7.05 Å². The van der Waals surface area contributed by atoms with Crippen LogP contribution in [0.1, 0.15) is 37.2 Å². The topological polar surface area (TPSA) is 48.1 Å². The van der Waals surface area contributed by atoms with Gasteiger partial charge in [-0.25, -0.2) is 4.98 Å². The molecule has 0 bridgehead atoms. The lowest BCUT2D eigenvalue weighted by atomic mass is 10.1. The summed E-state index contributed by atoms with van der Waals surface area (Å²) in [5, 5.41) is 0. The highest BCUT2D eigenvalue weighted by atomic mass is 16.5. The average Bonchev–Trinajstić information content (AvgIpc) is 2.65. The molecule has 0 N–H and O–H groups in total. The summed E-state index contributed by atoms with van der Waals surface area (Å²) in [6, 6.07) is 4.02. The van der Waals surface area contributed by atoms with Crippen LogP contribution in [0.3, 0.4) is 0 Å². The number of rotatable bonds is 0. The highest BCUT2D eigenvalue weighted by Crippen LogP contribution is 2.16. The normalized spacial score (nSPS) is 14.7. The Bertz CT molecular complexity index is 592. The molecule has 5 nitrogen and oxygen atoms in total. The lowest BCUT2D eigenvalue weighted by Crippen LogP contribution is -2.34. The van der Waals surface area contributed by atoms with E-state index in [-0.39, 0.29) is 0 Å². The first-order chi connectivity index (χ1) is 11.3. The molecule has 2 aromatic rings. The third kappa shape index (κ3) is 4.73. The maximum absolute atomic E-state index is 5.45. The van der Waals surface area contributed by atoms with Crippen molar-refractivity contribution in [1.29, 1.82) is 0 Å². The third-order valence-corrected chi connectivity index (χ3v) is 3.61. The van der Waals surface area contributed by atoms with Crippen LogP contribution in [0.5, 0.6) is 5.88 Å². The first-order valence-corrected chi connectivity index (χ1v) is 8.31. The molecule has 0 aromatic carbocycles. The predicted molar refractivity (Wildman–Crippen MR) is 88.2 cm³/mol. The van der Waals surface area contributed by atoms with Crippen molar-refractivity contribution in [3.63, 3.8) is 0 Å². The smallest absolute Gasteiger partial charge is 0.389 e. The highest BCUT2D eigenvalue weighted by Gasteiger charge is 2.19. The van der Waals surface area contributed by atoms with Gasteiger partial charge in [0, 0.05) is 24.7 Å². The van der Waals surface area contributed by atoms with E-state index < -0.39 is 0 Å². The van der Waals surface area contributed by atoms with Crippen LogP contribution in [0, 0.1) is 0 Å². The summed E-state index contributed by atoms with van der Waals surface area (Å²) >= 11 is 0. The lowest BCUT2D eigenvalue weighted by Gasteiger charge is -2.13. The van der Waals surface area contributed by atoms with Crippen LogP contribution in [0.2, 0.25) is 0 Å². The van der Waals surface area contributed by atoms with Crippen LogP contribution >= 0.6 is 0 Å². The van der Waals surface area contributed by atoms with Crippen LogP contribution in [-0.2, 0) is 31.2 Å². The van der Waals surface area contributed by atoms with Gasteiger partial charge in [-0.2, -0.15) is 4.57 Å². The summed E-state index contributed by atoms with van der Waals surface area (Å²) in [6.45, 7) is 6.39. The molecule has 0 saturated carbocycles. The second kappa shape index (κ2) is 9.20. The Morgan fingerprint density at radius 2 is 1.87 bits per heavy atom. The summed E-state index contributed by atoms with van der Waals surface area (Å²) < 4.78 is 12.7. The summed E-state index contributed by atoms with van der Waals surface area (Å²) in [5.41, 5.74) is 3.53. The Labute approximate surface area is 138 Å². The van der Waals surface area contributed by atoms with E-state index in [1.54, 1.807) is 0 Å². The van der Waals surface area contributed by atoms with E-state index in [2.05, 4.69) is 16.0 Å². The molecule has 0 atom stereocenters. The van der Waals surface area contributed by atoms with E-state index in [0.717, 1.165) is 50.7 Å². The van der Waals surface area contributed by atoms with Crippen molar-refractivity contribution in [1.82, 2.24) is 9.97 Å². The number of aromatic nitrogens is 3. The summed E-state index contributed by atoms with van der Waals surface area (Å²) in [7, 11) is 1.98. The van der Waals surface area contributed by atoms with Crippen molar-refractivity contribution in [3.05, 3.63) is 47.7 Å².